The predicted octanol–water partition coefficient (Wildman–Crippen LogP) is 6.82. The molecule has 4 heterocycles. The van der Waals surface area contributed by atoms with Crippen LogP contribution in [0.2, 0.25) is 9.36 Å². The second kappa shape index (κ2) is 17.0. The first-order chi connectivity index (χ1) is 23.2. The number of sulfonamides is 2. The monoisotopic (exact) mass is 900 g/mol. The molecule has 0 spiro atoms. The number of hydrogen-bond donors (Lipinski definition) is 2. The van der Waals surface area contributed by atoms with Crippen molar-refractivity contribution in [2.75, 3.05) is 37.7 Å². The molecule has 1 aromatic carbocycles. The zero-order chi connectivity index (χ0) is 35.3. The smallest absolute Gasteiger partial charge is 0.322 e. The number of aromatic nitrogens is 1. The maximum Gasteiger partial charge on any atom is 0.322 e. The summed E-state index contributed by atoms with van der Waals surface area (Å²) in [4.78, 5) is 18.2. The van der Waals surface area contributed by atoms with Crippen molar-refractivity contribution in [1.82, 2.24) is 14.0 Å². The first-order valence-electron chi connectivity index (χ1n) is 15.7. The molecule has 268 valence electrons. The molecule has 11 nitrogen and oxygen atoms in total. The molecular formula is C31H36Br2Cl2N4O7S3. The zero-order valence-electron chi connectivity index (χ0n) is 26.2. The van der Waals surface area contributed by atoms with Gasteiger partial charge in [0.1, 0.15) is 25.3 Å². The Morgan fingerprint density at radius 2 is 1.69 bits per heavy atom. The molecule has 2 aliphatic heterocycles. The number of carbonyl (C=O) groups is 1. The number of nitrogens with one attached hydrogen (secondary N) is 1. The van der Waals surface area contributed by atoms with Crippen LogP contribution in [0.5, 0.6) is 0 Å². The number of anilines is 1. The molecule has 1 unspecified atom stereocenters. The van der Waals surface area contributed by atoms with Gasteiger partial charge in [-0.05, 0) is 113 Å². The van der Waals surface area contributed by atoms with Crippen LogP contribution in [0.25, 0.3) is 0 Å². The van der Waals surface area contributed by atoms with E-state index in [0.29, 0.717) is 68.4 Å². The van der Waals surface area contributed by atoms with Gasteiger partial charge < -0.3 is 14.7 Å². The fraction of sp³-hybridized carbons (Fsp3) is 0.484. The van der Waals surface area contributed by atoms with Gasteiger partial charge in [0, 0.05) is 48.5 Å². The number of benzene rings is 1. The van der Waals surface area contributed by atoms with Gasteiger partial charge in [-0.3, -0.25) is 4.79 Å². The van der Waals surface area contributed by atoms with Gasteiger partial charge in [0.2, 0.25) is 10.0 Å². The van der Waals surface area contributed by atoms with E-state index in [2.05, 4.69) is 46.5 Å². The third kappa shape index (κ3) is 10.2. The number of hydrogen-bond acceptors (Lipinski definition) is 9. The van der Waals surface area contributed by atoms with E-state index in [4.69, 9.17) is 27.9 Å². The van der Waals surface area contributed by atoms with Crippen molar-refractivity contribution in [3.63, 3.8) is 0 Å². The number of thiophene rings is 1. The van der Waals surface area contributed by atoms with Crippen LogP contribution in [0.1, 0.15) is 44.1 Å². The quantitative estimate of drug-likeness (QED) is 0.167. The number of carboxylic acid groups (broad SMARTS) is 1. The topological polar surface area (TPSA) is 146 Å². The Labute approximate surface area is 317 Å². The SMILES string of the molecule is O=C(O)C(Cc1ccc(Cl)cc1)NS(=O)(=O)c1cnc(N2CCC(OCCCC3CCN(S(=O)(=O)c4cc(Br)c(Cl)s4)CC3)CC2)c(Br)c1. The number of ether oxygens (including phenoxy) is 1. The maximum absolute atomic E-state index is 13.1. The minimum absolute atomic E-state index is 0.0492. The van der Waals surface area contributed by atoms with Gasteiger partial charge in [0.25, 0.3) is 10.0 Å². The van der Waals surface area contributed by atoms with Crippen molar-refractivity contribution in [2.45, 2.75) is 66.2 Å². The molecule has 2 aromatic heterocycles. The molecule has 1 atom stereocenters. The van der Waals surface area contributed by atoms with Crippen LogP contribution in [0.3, 0.4) is 0 Å². The van der Waals surface area contributed by atoms with Crippen molar-refractivity contribution in [3.8, 4) is 0 Å². The van der Waals surface area contributed by atoms with Crippen molar-refractivity contribution in [3.05, 3.63) is 66.5 Å². The van der Waals surface area contributed by atoms with Gasteiger partial charge in [0.05, 0.1) is 10.6 Å². The third-order valence-electron chi connectivity index (χ3n) is 8.70. The molecule has 0 bridgehead atoms. The van der Waals surface area contributed by atoms with E-state index in [-0.39, 0.29) is 21.6 Å². The Bertz CT molecular complexity index is 1810. The minimum Gasteiger partial charge on any atom is -0.480 e. The summed E-state index contributed by atoms with van der Waals surface area (Å²) in [6.07, 6.45) is 6.41. The summed E-state index contributed by atoms with van der Waals surface area (Å²) in [7, 11) is -7.71. The van der Waals surface area contributed by atoms with Crippen LogP contribution in [0, 0.1) is 5.92 Å². The number of aliphatic carboxylic acids is 1. The molecule has 0 radical (unpaired) electrons. The van der Waals surface area contributed by atoms with Crippen molar-refractivity contribution in [2.24, 2.45) is 5.92 Å². The van der Waals surface area contributed by atoms with E-state index in [1.807, 2.05) is 0 Å². The van der Waals surface area contributed by atoms with Crippen molar-refractivity contribution < 1.29 is 31.5 Å². The summed E-state index contributed by atoms with van der Waals surface area (Å²) in [5.74, 6) is -0.230. The molecule has 0 saturated carbocycles. The Morgan fingerprint density at radius 3 is 2.29 bits per heavy atom. The average Bonchev–Trinajstić information content (AvgIpc) is 3.42. The molecular weight excluding hydrogens is 867 g/mol. The summed E-state index contributed by atoms with van der Waals surface area (Å²) in [6, 6.07) is 8.17. The lowest BCUT2D eigenvalue weighted by molar-refractivity contribution is -0.138. The van der Waals surface area contributed by atoms with Gasteiger partial charge >= 0.3 is 5.97 Å². The first kappa shape index (κ1) is 38.9. The second-order valence-electron chi connectivity index (χ2n) is 12.1. The summed E-state index contributed by atoms with van der Waals surface area (Å²) < 4.78 is 64.0. The second-order valence-corrected chi connectivity index (χ2v) is 19.7. The summed E-state index contributed by atoms with van der Waals surface area (Å²) in [5, 5.41) is 10.2. The van der Waals surface area contributed by atoms with Gasteiger partial charge in [-0.2, -0.15) is 9.03 Å². The van der Waals surface area contributed by atoms with E-state index < -0.39 is 32.1 Å². The molecule has 0 amide bonds. The summed E-state index contributed by atoms with van der Waals surface area (Å²) in [5.41, 5.74) is 0.628. The van der Waals surface area contributed by atoms with E-state index in [1.54, 1.807) is 34.6 Å². The van der Waals surface area contributed by atoms with Gasteiger partial charge in [-0.1, -0.05) is 35.3 Å². The predicted molar refractivity (Wildman–Crippen MR) is 198 cm³/mol. The molecule has 2 aliphatic rings. The van der Waals surface area contributed by atoms with Crippen LogP contribution in [-0.4, -0.2) is 82.1 Å². The fourth-order valence-corrected chi connectivity index (χ4v) is 11.9. The Morgan fingerprint density at radius 1 is 1.02 bits per heavy atom. The number of carboxylic acids is 1. The van der Waals surface area contributed by atoms with Gasteiger partial charge in [0.15, 0.2) is 0 Å². The van der Waals surface area contributed by atoms with Crippen LogP contribution in [-0.2, 0) is 36.0 Å². The maximum atomic E-state index is 13.1. The summed E-state index contributed by atoms with van der Waals surface area (Å²) >= 11 is 19.8. The molecule has 2 saturated heterocycles. The van der Waals surface area contributed by atoms with Crippen LogP contribution < -0.4 is 9.62 Å². The van der Waals surface area contributed by atoms with Crippen LogP contribution >= 0.6 is 66.4 Å². The standard InChI is InChI=1S/C31H36Br2Cl2N4O7S3/c32-25-18-28(47-29(25)35)49(44,45)39-13-7-20(8-14-39)2-1-15-46-23-9-11-38(12-10-23)30-26(33)17-24(19-36-30)48(42,43)37-27(31(40)41)16-21-3-5-22(34)6-4-21/h3-6,17-20,23,27,37H,1-2,7-16H2,(H,40,41). The first-order valence-corrected chi connectivity index (χ1v) is 21.8. The molecule has 18 heteroatoms. The lowest BCUT2D eigenvalue weighted by atomic mass is 9.93. The number of halogens is 4. The highest BCUT2D eigenvalue weighted by Crippen LogP contribution is 2.37. The number of piperidine rings is 2. The number of rotatable bonds is 14. The Hall–Kier alpha value is -1.34. The number of nitrogens with zero attached hydrogens (tertiary/aromatic N) is 3. The lowest BCUT2D eigenvalue weighted by Gasteiger charge is -2.33. The Kier molecular flexibility index (Phi) is 13.5. The lowest BCUT2D eigenvalue weighted by Crippen LogP contribution is -2.42. The van der Waals surface area contributed by atoms with E-state index in [0.717, 1.165) is 49.9 Å². The number of pyridine rings is 1. The van der Waals surface area contributed by atoms with E-state index in [1.165, 1.54) is 12.3 Å². The van der Waals surface area contributed by atoms with Crippen molar-refractivity contribution in [1.29, 1.82) is 0 Å². The third-order valence-corrected chi connectivity index (χ3v) is 15.8. The van der Waals surface area contributed by atoms with Crippen LogP contribution in [0.4, 0.5) is 5.82 Å². The molecule has 2 N–H and O–H groups in total. The van der Waals surface area contributed by atoms with E-state index in [9.17, 15) is 26.7 Å². The highest BCUT2D eigenvalue weighted by molar-refractivity contribution is 9.11. The molecule has 0 aliphatic carbocycles. The Balaban J connectivity index is 1.04. The normalized spacial score (nSPS) is 17.8. The zero-order valence-corrected chi connectivity index (χ0v) is 33.4. The fourth-order valence-electron chi connectivity index (χ4n) is 5.96. The average molecular weight is 904 g/mol. The highest BCUT2D eigenvalue weighted by Gasteiger charge is 2.32. The molecule has 49 heavy (non-hydrogen) atoms. The van der Waals surface area contributed by atoms with Gasteiger partial charge in [-0.25, -0.2) is 21.8 Å². The van der Waals surface area contributed by atoms with Crippen LogP contribution in [0.15, 0.2) is 60.6 Å². The minimum atomic E-state index is -4.18. The van der Waals surface area contributed by atoms with Crippen molar-refractivity contribution >= 4 is 98.2 Å². The van der Waals surface area contributed by atoms with Gasteiger partial charge in [-0.15, -0.1) is 11.3 Å². The molecule has 5 rings (SSSR count). The summed E-state index contributed by atoms with van der Waals surface area (Å²) in [6.45, 7) is 3.00. The molecule has 3 aromatic rings. The highest BCUT2D eigenvalue weighted by atomic mass is 79.9. The largest absolute Gasteiger partial charge is 0.480 e. The molecule has 2 fully saturated rings. The van der Waals surface area contributed by atoms with E-state index >= 15 is 0 Å².